The third kappa shape index (κ3) is 3.42. The van der Waals surface area contributed by atoms with Crippen LogP contribution in [0, 0.1) is 19.8 Å². The molecule has 0 fully saturated rings. The first kappa shape index (κ1) is 13.4. The summed E-state index contributed by atoms with van der Waals surface area (Å²) in [5.74, 6) is 0.730. The van der Waals surface area contributed by atoms with Gasteiger partial charge in [0.2, 0.25) is 0 Å². The molecule has 0 N–H and O–H groups in total. The molecule has 0 aliphatic heterocycles. The summed E-state index contributed by atoms with van der Waals surface area (Å²) in [6.07, 6.45) is 0. The molecule has 1 aromatic rings. The van der Waals surface area contributed by atoms with Crippen LogP contribution in [-0.4, -0.2) is 30.0 Å². The van der Waals surface area contributed by atoms with E-state index in [9.17, 15) is 8.42 Å². The molecule has 1 unspecified atom stereocenters. The van der Waals surface area contributed by atoms with Crippen LogP contribution in [0.15, 0.2) is 11.1 Å². The van der Waals surface area contributed by atoms with Gasteiger partial charge in [-0.3, -0.25) is 0 Å². The summed E-state index contributed by atoms with van der Waals surface area (Å²) in [6.45, 7) is 5.22. The van der Waals surface area contributed by atoms with Gasteiger partial charge in [0.15, 0.2) is 14.9 Å². The van der Waals surface area contributed by atoms with Gasteiger partial charge < -0.3 is 0 Å². The molecule has 0 aliphatic carbocycles. The molecule has 0 saturated carbocycles. The number of rotatable bonds is 4. The van der Waals surface area contributed by atoms with E-state index in [1.165, 1.54) is 6.07 Å². The van der Waals surface area contributed by atoms with Gasteiger partial charge in [0, 0.05) is 11.6 Å². The maximum absolute atomic E-state index is 12.0. The highest BCUT2D eigenvalue weighted by Crippen LogP contribution is 2.13. The fraction of sp³-hybridized carbons (Fsp3) is 0.600. The Hall–Kier alpha value is -0.680. The van der Waals surface area contributed by atoms with Gasteiger partial charge in [-0.25, -0.2) is 18.4 Å². The second kappa shape index (κ2) is 5.10. The van der Waals surface area contributed by atoms with E-state index in [2.05, 4.69) is 9.97 Å². The number of hydrogen-bond donors (Lipinski definition) is 0. The highest BCUT2D eigenvalue weighted by atomic mass is 35.5. The van der Waals surface area contributed by atoms with Crippen molar-refractivity contribution in [3.63, 3.8) is 0 Å². The predicted octanol–water partition coefficient (Wildman–Crippen LogP) is 1.74. The van der Waals surface area contributed by atoms with Crippen molar-refractivity contribution in [3.05, 3.63) is 17.6 Å². The Balaban J connectivity index is 3.07. The van der Waals surface area contributed by atoms with E-state index in [-0.39, 0.29) is 16.7 Å². The second-order valence-corrected chi connectivity index (χ2v) is 6.23. The first-order valence-corrected chi connectivity index (χ1v) is 7.15. The number of aromatic nitrogens is 2. The molecular weight excluding hydrogens is 248 g/mol. The third-order valence-corrected chi connectivity index (χ3v) is 4.41. The molecule has 1 heterocycles. The SMILES string of the molecule is Cc1cc(S(=O)(=O)CC(C)CCl)nc(C)n1. The van der Waals surface area contributed by atoms with Crippen LogP contribution in [0.3, 0.4) is 0 Å². The molecule has 0 aromatic carbocycles. The van der Waals surface area contributed by atoms with E-state index in [0.29, 0.717) is 17.4 Å². The summed E-state index contributed by atoms with van der Waals surface area (Å²) in [5.41, 5.74) is 0.657. The van der Waals surface area contributed by atoms with Gasteiger partial charge in [-0.2, -0.15) is 0 Å². The third-order valence-electron chi connectivity index (χ3n) is 2.03. The topological polar surface area (TPSA) is 59.9 Å². The van der Waals surface area contributed by atoms with Crippen LogP contribution in [0.5, 0.6) is 0 Å². The lowest BCUT2D eigenvalue weighted by Gasteiger charge is -2.08. The minimum atomic E-state index is -3.35. The second-order valence-electron chi connectivity index (χ2n) is 3.94. The maximum Gasteiger partial charge on any atom is 0.196 e. The fourth-order valence-electron chi connectivity index (χ4n) is 1.35. The van der Waals surface area contributed by atoms with E-state index in [0.717, 1.165) is 0 Å². The molecule has 16 heavy (non-hydrogen) atoms. The summed E-state index contributed by atoms with van der Waals surface area (Å²) in [4.78, 5) is 8.00. The van der Waals surface area contributed by atoms with Crippen LogP contribution in [0.4, 0.5) is 0 Å². The number of halogens is 1. The Morgan fingerprint density at radius 2 is 2.00 bits per heavy atom. The lowest BCUT2D eigenvalue weighted by atomic mass is 10.3. The van der Waals surface area contributed by atoms with Crippen molar-refractivity contribution < 1.29 is 8.42 Å². The van der Waals surface area contributed by atoms with Gasteiger partial charge >= 0.3 is 0 Å². The van der Waals surface area contributed by atoms with Crippen LogP contribution in [0.2, 0.25) is 0 Å². The van der Waals surface area contributed by atoms with Gasteiger partial charge in [0.05, 0.1) is 5.75 Å². The Kier molecular flexibility index (Phi) is 4.27. The molecular formula is C10H15ClN2O2S. The predicted molar refractivity (Wildman–Crippen MR) is 63.4 cm³/mol. The van der Waals surface area contributed by atoms with Crippen LogP contribution in [0.25, 0.3) is 0 Å². The average Bonchev–Trinajstić information content (AvgIpc) is 2.15. The van der Waals surface area contributed by atoms with Crippen molar-refractivity contribution in [2.24, 2.45) is 5.92 Å². The number of aryl methyl sites for hydroxylation is 2. The molecule has 1 atom stereocenters. The minimum absolute atomic E-state index is 0.0202. The molecule has 1 rings (SSSR count). The van der Waals surface area contributed by atoms with Gasteiger partial charge in [-0.15, -0.1) is 11.6 Å². The van der Waals surface area contributed by atoms with E-state index in [1.807, 2.05) is 0 Å². The summed E-state index contributed by atoms with van der Waals surface area (Å²) in [7, 11) is -3.35. The average molecular weight is 263 g/mol. The molecule has 0 spiro atoms. The number of nitrogens with zero attached hydrogens (tertiary/aromatic N) is 2. The summed E-state index contributed by atoms with van der Waals surface area (Å²) >= 11 is 5.61. The van der Waals surface area contributed by atoms with Crippen LogP contribution in [0.1, 0.15) is 18.4 Å². The summed E-state index contributed by atoms with van der Waals surface area (Å²) in [6, 6.07) is 1.49. The molecule has 6 heteroatoms. The largest absolute Gasteiger partial charge is 0.238 e. The molecule has 4 nitrogen and oxygen atoms in total. The smallest absolute Gasteiger partial charge is 0.196 e. The lowest BCUT2D eigenvalue weighted by molar-refractivity contribution is 0.578. The first-order chi connectivity index (χ1) is 7.35. The number of alkyl halides is 1. The first-order valence-electron chi connectivity index (χ1n) is 4.96. The van der Waals surface area contributed by atoms with Crippen molar-refractivity contribution in [2.75, 3.05) is 11.6 Å². The molecule has 90 valence electrons. The van der Waals surface area contributed by atoms with Gasteiger partial charge in [0.1, 0.15) is 5.82 Å². The number of sulfone groups is 1. The molecule has 1 aromatic heterocycles. The van der Waals surface area contributed by atoms with E-state index < -0.39 is 9.84 Å². The molecule has 0 aliphatic rings. The fourth-order valence-corrected chi connectivity index (χ4v) is 3.24. The zero-order valence-electron chi connectivity index (χ0n) is 9.57. The zero-order chi connectivity index (χ0) is 12.3. The normalized spacial score (nSPS) is 13.8. The zero-order valence-corrected chi connectivity index (χ0v) is 11.1. The van der Waals surface area contributed by atoms with Crippen molar-refractivity contribution in [1.29, 1.82) is 0 Å². The summed E-state index contributed by atoms with van der Waals surface area (Å²) in [5, 5.41) is 0.0921. The summed E-state index contributed by atoms with van der Waals surface area (Å²) < 4.78 is 23.9. The standard InChI is InChI=1S/C10H15ClN2O2S/c1-7(5-11)6-16(14,15)10-4-8(2)12-9(3)13-10/h4,7H,5-6H2,1-3H3. The van der Waals surface area contributed by atoms with Gasteiger partial charge in [-0.1, -0.05) is 6.92 Å². The Labute approximate surface area is 101 Å². The van der Waals surface area contributed by atoms with Crippen molar-refractivity contribution in [3.8, 4) is 0 Å². The van der Waals surface area contributed by atoms with Gasteiger partial charge in [-0.05, 0) is 25.8 Å². The highest BCUT2D eigenvalue weighted by Gasteiger charge is 2.20. The van der Waals surface area contributed by atoms with Crippen molar-refractivity contribution >= 4 is 21.4 Å². The lowest BCUT2D eigenvalue weighted by Crippen LogP contribution is -2.17. The Morgan fingerprint density at radius 1 is 1.38 bits per heavy atom. The molecule has 0 radical (unpaired) electrons. The van der Waals surface area contributed by atoms with Gasteiger partial charge in [0.25, 0.3) is 0 Å². The monoisotopic (exact) mass is 262 g/mol. The van der Waals surface area contributed by atoms with E-state index >= 15 is 0 Å². The van der Waals surface area contributed by atoms with Crippen molar-refractivity contribution in [1.82, 2.24) is 9.97 Å². The molecule has 0 saturated heterocycles. The highest BCUT2D eigenvalue weighted by molar-refractivity contribution is 7.91. The molecule has 0 amide bonds. The molecule has 0 bridgehead atoms. The quantitative estimate of drug-likeness (QED) is 0.613. The Bertz CT molecular complexity index is 453. The van der Waals surface area contributed by atoms with Crippen LogP contribution >= 0.6 is 11.6 Å². The minimum Gasteiger partial charge on any atom is -0.238 e. The number of hydrogen-bond acceptors (Lipinski definition) is 4. The van der Waals surface area contributed by atoms with Crippen molar-refractivity contribution in [2.45, 2.75) is 25.8 Å². The Morgan fingerprint density at radius 3 is 2.50 bits per heavy atom. The van der Waals surface area contributed by atoms with Crippen LogP contribution in [-0.2, 0) is 9.84 Å². The van der Waals surface area contributed by atoms with E-state index in [1.54, 1.807) is 20.8 Å². The van der Waals surface area contributed by atoms with E-state index in [4.69, 9.17) is 11.6 Å². The van der Waals surface area contributed by atoms with Crippen LogP contribution < -0.4 is 0 Å². The maximum atomic E-state index is 12.0.